The Morgan fingerprint density at radius 2 is 1.93 bits per heavy atom. The molecule has 0 saturated heterocycles. The van der Waals surface area contributed by atoms with Gasteiger partial charge in [0.25, 0.3) is 0 Å². The van der Waals surface area contributed by atoms with Crippen LogP contribution in [0, 0.1) is 0 Å². The number of guanidine groups is 1. The van der Waals surface area contributed by atoms with Crippen LogP contribution in [0.5, 0.6) is 0 Å². The first kappa shape index (κ1) is 19.6. The number of H-pyrrole nitrogens is 1. The van der Waals surface area contributed by atoms with Crippen LogP contribution in [0.4, 0.5) is 0 Å². The highest BCUT2D eigenvalue weighted by atomic mass is 15.2. The maximum Gasteiger partial charge on any atom is 0.191 e. The lowest BCUT2D eigenvalue weighted by atomic mass is 10.1. The van der Waals surface area contributed by atoms with E-state index in [0.29, 0.717) is 12.6 Å². The fourth-order valence-electron chi connectivity index (χ4n) is 2.99. The largest absolute Gasteiger partial charge is 0.357 e. The van der Waals surface area contributed by atoms with Gasteiger partial charge < -0.3 is 10.6 Å². The Morgan fingerprint density at radius 3 is 2.68 bits per heavy atom. The molecule has 0 aliphatic heterocycles. The molecule has 1 unspecified atom stereocenters. The number of nitrogens with zero attached hydrogens (tertiary/aromatic N) is 3. The number of aryl methyl sites for hydroxylation is 1. The van der Waals surface area contributed by atoms with Crippen molar-refractivity contribution < 1.29 is 0 Å². The SMILES string of the molecule is CCNC(=NCc1cccc(-c2ncn[nH]2)c1)NC(C)CCc1ccccc1. The molecule has 0 spiro atoms. The lowest BCUT2D eigenvalue weighted by molar-refractivity contribution is 0.593. The van der Waals surface area contributed by atoms with Crippen molar-refractivity contribution in [2.24, 2.45) is 4.99 Å². The summed E-state index contributed by atoms with van der Waals surface area (Å²) in [5, 5.41) is 13.7. The van der Waals surface area contributed by atoms with Crippen molar-refractivity contribution in [2.75, 3.05) is 6.54 Å². The van der Waals surface area contributed by atoms with Gasteiger partial charge in [0.05, 0.1) is 6.54 Å². The number of hydrogen-bond acceptors (Lipinski definition) is 3. The smallest absolute Gasteiger partial charge is 0.191 e. The summed E-state index contributed by atoms with van der Waals surface area (Å²) in [4.78, 5) is 8.96. The minimum absolute atomic E-state index is 0.332. The van der Waals surface area contributed by atoms with Gasteiger partial charge >= 0.3 is 0 Å². The number of aromatic nitrogens is 3. The van der Waals surface area contributed by atoms with Crippen molar-refractivity contribution >= 4 is 5.96 Å². The van der Waals surface area contributed by atoms with Crippen LogP contribution < -0.4 is 10.6 Å². The van der Waals surface area contributed by atoms with E-state index in [4.69, 9.17) is 4.99 Å². The third kappa shape index (κ3) is 5.94. The van der Waals surface area contributed by atoms with E-state index < -0.39 is 0 Å². The first-order valence-electron chi connectivity index (χ1n) is 9.78. The summed E-state index contributed by atoms with van der Waals surface area (Å²) in [7, 11) is 0. The molecule has 2 aromatic carbocycles. The van der Waals surface area contributed by atoms with Crippen LogP contribution in [0.2, 0.25) is 0 Å². The zero-order chi connectivity index (χ0) is 19.6. The average Bonchev–Trinajstić information content (AvgIpc) is 3.27. The van der Waals surface area contributed by atoms with Crippen LogP contribution >= 0.6 is 0 Å². The predicted molar refractivity (Wildman–Crippen MR) is 114 cm³/mol. The van der Waals surface area contributed by atoms with Crippen molar-refractivity contribution in [1.29, 1.82) is 0 Å². The summed E-state index contributed by atoms with van der Waals surface area (Å²) < 4.78 is 0. The first-order valence-corrected chi connectivity index (χ1v) is 9.78. The second kappa shape index (κ2) is 10.3. The van der Waals surface area contributed by atoms with Crippen molar-refractivity contribution in [2.45, 2.75) is 39.3 Å². The highest BCUT2D eigenvalue weighted by Crippen LogP contribution is 2.16. The van der Waals surface area contributed by atoms with E-state index in [1.165, 1.54) is 11.9 Å². The third-order valence-corrected chi connectivity index (χ3v) is 4.47. The van der Waals surface area contributed by atoms with Gasteiger partial charge in [-0.3, -0.25) is 5.10 Å². The first-order chi connectivity index (χ1) is 13.7. The molecule has 6 heteroatoms. The van der Waals surface area contributed by atoms with E-state index in [-0.39, 0.29) is 0 Å². The number of aromatic amines is 1. The van der Waals surface area contributed by atoms with Crippen LogP contribution in [0.15, 0.2) is 65.9 Å². The molecule has 0 fully saturated rings. The quantitative estimate of drug-likeness (QED) is 0.415. The lowest BCUT2D eigenvalue weighted by Gasteiger charge is -2.18. The molecular weight excluding hydrogens is 348 g/mol. The van der Waals surface area contributed by atoms with Crippen LogP contribution in [-0.4, -0.2) is 33.7 Å². The molecule has 6 nitrogen and oxygen atoms in total. The van der Waals surface area contributed by atoms with Gasteiger partial charge in [0, 0.05) is 18.2 Å². The van der Waals surface area contributed by atoms with E-state index in [9.17, 15) is 0 Å². The molecule has 1 atom stereocenters. The molecule has 0 radical (unpaired) electrons. The summed E-state index contributed by atoms with van der Waals surface area (Å²) in [5.41, 5.74) is 3.50. The minimum atomic E-state index is 0.332. The molecule has 0 bridgehead atoms. The van der Waals surface area contributed by atoms with E-state index in [1.807, 2.05) is 12.1 Å². The second-order valence-electron chi connectivity index (χ2n) is 6.80. The van der Waals surface area contributed by atoms with E-state index in [2.05, 4.69) is 82.1 Å². The molecule has 28 heavy (non-hydrogen) atoms. The average molecular weight is 377 g/mol. The molecule has 0 aliphatic rings. The van der Waals surface area contributed by atoms with Crippen molar-refractivity contribution in [3.05, 3.63) is 72.1 Å². The monoisotopic (exact) mass is 376 g/mol. The van der Waals surface area contributed by atoms with Gasteiger partial charge in [-0.1, -0.05) is 48.5 Å². The number of benzene rings is 2. The van der Waals surface area contributed by atoms with Crippen LogP contribution in [0.3, 0.4) is 0 Å². The van der Waals surface area contributed by atoms with Gasteiger partial charge in [-0.25, -0.2) is 9.98 Å². The topological polar surface area (TPSA) is 78.0 Å². The summed E-state index contributed by atoms with van der Waals surface area (Å²) in [6.07, 6.45) is 3.62. The zero-order valence-electron chi connectivity index (χ0n) is 16.5. The van der Waals surface area contributed by atoms with E-state index in [1.54, 1.807) is 0 Å². The Bertz CT molecular complexity index is 858. The Morgan fingerprint density at radius 1 is 1.11 bits per heavy atom. The van der Waals surface area contributed by atoms with E-state index in [0.717, 1.165) is 42.3 Å². The molecular formula is C22H28N6. The maximum atomic E-state index is 4.75. The molecule has 0 saturated carbocycles. The van der Waals surface area contributed by atoms with Gasteiger partial charge in [-0.2, -0.15) is 5.10 Å². The van der Waals surface area contributed by atoms with Crippen LogP contribution in [-0.2, 0) is 13.0 Å². The molecule has 1 aromatic heterocycles. The van der Waals surface area contributed by atoms with Gasteiger partial charge in [0.2, 0.25) is 0 Å². The summed E-state index contributed by atoms with van der Waals surface area (Å²) in [6, 6.07) is 19.1. The van der Waals surface area contributed by atoms with Gasteiger partial charge in [0.1, 0.15) is 6.33 Å². The van der Waals surface area contributed by atoms with Gasteiger partial charge in [-0.15, -0.1) is 0 Å². The molecule has 146 valence electrons. The summed E-state index contributed by atoms with van der Waals surface area (Å²) in [5.74, 6) is 1.61. The number of aliphatic imine (C=N–C) groups is 1. The van der Waals surface area contributed by atoms with Crippen molar-refractivity contribution in [3.63, 3.8) is 0 Å². The molecule has 1 heterocycles. The summed E-state index contributed by atoms with van der Waals surface area (Å²) >= 11 is 0. The Labute approximate surface area is 166 Å². The number of nitrogens with one attached hydrogen (secondary N) is 3. The van der Waals surface area contributed by atoms with Gasteiger partial charge in [0.15, 0.2) is 11.8 Å². The molecule has 3 aromatic rings. The lowest BCUT2D eigenvalue weighted by Crippen LogP contribution is -2.42. The molecule has 3 N–H and O–H groups in total. The molecule has 3 rings (SSSR count). The van der Waals surface area contributed by atoms with Crippen LogP contribution in [0.1, 0.15) is 31.4 Å². The highest BCUT2D eigenvalue weighted by molar-refractivity contribution is 5.80. The fourth-order valence-corrected chi connectivity index (χ4v) is 2.99. The normalized spacial score (nSPS) is 12.6. The Balaban J connectivity index is 1.58. The van der Waals surface area contributed by atoms with Gasteiger partial charge in [-0.05, 0) is 43.9 Å². The second-order valence-corrected chi connectivity index (χ2v) is 6.80. The van der Waals surface area contributed by atoms with Crippen molar-refractivity contribution in [3.8, 4) is 11.4 Å². The third-order valence-electron chi connectivity index (χ3n) is 4.47. The standard InChI is InChI=1S/C22H28N6/c1-3-23-22(27-17(2)12-13-18-8-5-4-6-9-18)24-15-19-10-7-11-20(14-19)21-25-16-26-28-21/h4-11,14,16-17H,3,12-13,15H2,1-2H3,(H2,23,24,27)(H,25,26,28). The Hall–Kier alpha value is -3.15. The van der Waals surface area contributed by atoms with Crippen molar-refractivity contribution in [1.82, 2.24) is 25.8 Å². The zero-order valence-corrected chi connectivity index (χ0v) is 16.5. The molecule has 0 aliphatic carbocycles. The fraction of sp³-hybridized carbons (Fsp3) is 0.318. The van der Waals surface area contributed by atoms with E-state index >= 15 is 0 Å². The maximum absolute atomic E-state index is 4.75. The van der Waals surface area contributed by atoms with Crippen LogP contribution in [0.25, 0.3) is 11.4 Å². The number of hydrogen-bond donors (Lipinski definition) is 3. The number of rotatable bonds is 8. The minimum Gasteiger partial charge on any atom is -0.357 e. The predicted octanol–water partition coefficient (Wildman–Crippen LogP) is 3.55. The Kier molecular flexibility index (Phi) is 7.18. The highest BCUT2D eigenvalue weighted by Gasteiger charge is 2.06. The summed E-state index contributed by atoms with van der Waals surface area (Å²) in [6.45, 7) is 5.70. The molecule has 0 amide bonds.